The minimum absolute atomic E-state index is 0.0257. The van der Waals surface area contributed by atoms with Crippen LogP contribution in [0.2, 0.25) is 0 Å². The van der Waals surface area contributed by atoms with Crippen molar-refractivity contribution in [2.24, 2.45) is 5.73 Å². The number of amides is 2. The van der Waals surface area contributed by atoms with Crippen LogP contribution < -0.4 is 11.1 Å². The van der Waals surface area contributed by atoms with E-state index < -0.39 is 11.8 Å². The maximum Gasteiger partial charge on any atom is 0.258 e. The van der Waals surface area contributed by atoms with Crippen LogP contribution in [0.25, 0.3) is 22.2 Å². The third-order valence-electron chi connectivity index (χ3n) is 4.11. The van der Waals surface area contributed by atoms with Crippen molar-refractivity contribution >= 4 is 28.5 Å². The number of carbonyl (C=O) groups excluding carboxylic acids is 2. The lowest BCUT2D eigenvalue weighted by Crippen LogP contribution is -2.18. The zero-order valence-corrected chi connectivity index (χ0v) is 14.0. The van der Waals surface area contributed by atoms with Gasteiger partial charge >= 0.3 is 0 Å². The van der Waals surface area contributed by atoms with Crippen LogP contribution in [-0.4, -0.2) is 22.0 Å². The first-order chi connectivity index (χ1) is 13.1. The summed E-state index contributed by atoms with van der Waals surface area (Å²) in [5.74, 6) is -1.32. The van der Waals surface area contributed by atoms with E-state index in [1.165, 1.54) is 0 Å². The van der Waals surface area contributed by atoms with Gasteiger partial charge in [0.25, 0.3) is 11.8 Å². The largest absolute Gasteiger partial charge is 0.365 e. The van der Waals surface area contributed by atoms with Crippen LogP contribution in [0.1, 0.15) is 20.7 Å². The predicted octanol–water partition coefficient (Wildman–Crippen LogP) is 3.24. The van der Waals surface area contributed by atoms with Gasteiger partial charge in [-0.15, -0.1) is 0 Å². The second kappa shape index (κ2) is 6.72. The van der Waals surface area contributed by atoms with E-state index in [-0.39, 0.29) is 17.1 Å². The van der Waals surface area contributed by atoms with E-state index in [4.69, 9.17) is 10.3 Å². The number of anilines is 1. The third-order valence-corrected chi connectivity index (χ3v) is 4.11. The molecule has 0 spiro atoms. The summed E-state index contributed by atoms with van der Waals surface area (Å²) in [5.41, 5.74) is 6.50. The molecule has 3 N–H and O–H groups in total. The monoisotopic (exact) mass is 358 g/mol. The Hall–Kier alpha value is -4.00. The van der Waals surface area contributed by atoms with Gasteiger partial charge in [0.05, 0.1) is 5.69 Å². The molecule has 0 aliphatic rings. The molecule has 27 heavy (non-hydrogen) atoms. The standard InChI is InChI=1S/C20H14N4O3/c21-18(25)16-17(15-10-3-4-11-22-15)24-27-20(16)23-19(26)14-9-5-7-12-6-1-2-8-13(12)14/h1-11H,(H2,21,25)(H,23,26). The maximum atomic E-state index is 12.8. The minimum Gasteiger partial charge on any atom is -0.365 e. The van der Waals surface area contributed by atoms with E-state index in [0.29, 0.717) is 11.3 Å². The van der Waals surface area contributed by atoms with Gasteiger partial charge in [0.15, 0.2) is 0 Å². The Balaban J connectivity index is 1.73. The zero-order chi connectivity index (χ0) is 18.8. The maximum absolute atomic E-state index is 12.8. The van der Waals surface area contributed by atoms with Gasteiger partial charge in [0.1, 0.15) is 11.3 Å². The normalized spacial score (nSPS) is 10.7. The van der Waals surface area contributed by atoms with Crippen molar-refractivity contribution in [1.82, 2.24) is 10.1 Å². The molecule has 0 unspecified atom stereocenters. The first kappa shape index (κ1) is 16.5. The number of benzene rings is 2. The lowest BCUT2D eigenvalue weighted by Gasteiger charge is -2.06. The molecular weight excluding hydrogens is 344 g/mol. The molecule has 0 saturated heterocycles. The number of rotatable bonds is 4. The Morgan fingerprint density at radius 3 is 2.52 bits per heavy atom. The van der Waals surface area contributed by atoms with Gasteiger partial charge in [-0.25, -0.2) is 0 Å². The highest BCUT2D eigenvalue weighted by atomic mass is 16.5. The molecule has 132 valence electrons. The summed E-state index contributed by atoms with van der Waals surface area (Å²) in [5, 5.41) is 8.16. The van der Waals surface area contributed by atoms with Crippen LogP contribution in [0, 0.1) is 0 Å². The molecule has 0 bridgehead atoms. The van der Waals surface area contributed by atoms with E-state index in [0.717, 1.165) is 10.8 Å². The van der Waals surface area contributed by atoms with Crippen molar-refractivity contribution < 1.29 is 14.1 Å². The fourth-order valence-corrected chi connectivity index (χ4v) is 2.88. The van der Waals surface area contributed by atoms with Gasteiger partial charge in [-0.3, -0.25) is 19.9 Å². The molecule has 7 heteroatoms. The molecule has 0 atom stereocenters. The van der Waals surface area contributed by atoms with Crippen molar-refractivity contribution in [2.75, 3.05) is 5.32 Å². The van der Waals surface area contributed by atoms with Crippen molar-refractivity contribution in [1.29, 1.82) is 0 Å². The lowest BCUT2D eigenvalue weighted by atomic mass is 10.0. The molecule has 0 aliphatic heterocycles. The number of pyridine rings is 1. The Kier molecular flexibility index (Phi) is 4.10. The van der Waals surface area contributed by atoms with Gasteiger partial charge in [-0.1, -0.05) is 47.6 Å². The van der Waals surface area contributed by atoms with Crippen molar-refractivity contribution in [3.63, 3.8) is 0 Å². The molecule has 4 rings (SSSR count). The highest BCUT2D eigenvalue weighted by Gasteiger charge is 2.25. The first-order valence-electron chi connectivity index (χ1n) is 8.15. The molecule has 2 heterocycles. The average molecular weight is 358 g/mol. The number of carbonyl (C=O) groups is 2. The van der Waals surface area contributed by atoms with E-state index in [2.05, 4.69) is 15.5 Å². The number of aromatic nitrogens is 2. The van der Waals surface area contributed by atoms with E-state index in [1.807, 2.05) is 30.3 Å². The summed E-state index contributed by atoms with van der Waals surface area (Å²) in [7, 11) is 0. The van der Waals surface area contributed by atoms with E-state index in [1.54, 1.807) is 36.5 Å². The van der Waals surface area contributed by atoms with Crippen LogP contribution in [-0.2, 0) is 0 Å². The smallest absolute Gasteiger partial charge is 0.258 e. The third kappa shape index (κ3) is 3.02. The fourth-order valence-electron chi connectivity index (χ4n) is 2.88. The quantitative estimate of drug-likeness (QED) is 0.582. The van der Waals surface area contributed by atoms with Gasteiger partial charge in [-0.05, 0) is 29.0 Å². The minimum atomic E-state index is -0.773. The molecule has 0 fully saturated rings. The summed E-state index contributed by atoms with van der Waals surface area (Å²) in [6, 6.07) is 18.0. The lowest BCUT2D eigenvalue weighted by molar-refractivity contribution is 0.100. The average Bonchev–Trinajstić information content (AvgIpc) is 3.12. The second-order valence-electron chi connectivity index (χ2n) is 5.80. The van der Waals surface area contributed by atoms with Gasteiger partial charge in [0, 0.05) is 11.8 Å². The fraction of sp³-hybridized carbons (Fsp3) is 0. The molecule has 7 nitrogen and oxygen atoms in total. The molecule has 2 aromatic heterocycles. The van der Waals surface area contributed by atoms with Crippen molar-refractivity contribution in [3.8, 4) is 11.4 Å². The summed E-state index contributed by atoms with van der Waals surface area (Å²) in [6.07, 6.45) is 1.56. The molecule has 4 aromatic rings. The SMILES string of the molecule is NC(=O)c1c(-c2ccccn2)noc1NC(=O)c1cccc2ccccc12. The van der Waals surface area contributed by atoms with Crippen molar-refractivity contribution in [3.05, 3.63) is 78.0 Å². The summed E-state index contributed by atoms with van der Waals surface area (Å²) in [6.45, 7) is 0. The van der Waals surface area contributed by atoms with Gasteiger partial charge in [0.2, 0.25) is 5.88 Å². The van der Waals surface area contributed by atoms with E-state index >= 15 is 0 Å². The van der Waals surface area contributed by atoms with Crippen LogP contribution in [0.4, 0.5) is 5.88 Å². The van der Waals surface area contributed by atoms with Crippen LogP contribution >= 0.6 is 0 Å². The molecule has 0 radical (unpaired) electrons. The summed E-state index contributed by atoms with van der Waals surface area (Å²) >= 11 is 0. The highest BCUT2D eigenvalue weighted by molar-refractivity contribution is 6.14. The molecular formula is C20H14N4O3. The number of hydrogen-bond acceptors (Lipinski definition) is 5. The number of nitrogens with zero attached hydrogens (tertiary/aromatic N) is 2. The molecule has 0 saturated carbocycles. The number of hydrogen-bond donors (Lipinski definition) is 2. The molecule has 0 aliphatic carbocycles. The van der Waals surface area contributed by atoms with Crippen molar-refractivity contribution in [2.45, 2.75) is 0 Å². The van der Waals surface area contributed by atoms with E-state index in [9.17, 15) is 9.59 Å². The Morgan fingerprint density at radius 1 is 0.963 bits per heavy atom. The zero-order valence-electron chi connectivity index (χ0n) is 14.0. The number of nitrogens with one attached hydrogen (secondary N) is 1. The van der Waals surface area contributed by atoms with Gasteiger partial charge < -0.3 is 10.3 Å². The predicted molar refractivity (Wildman–Crippen MR) is 100 cm³/mol. The van der Waals surface area contributed by atoms with Crippen LogP contribution in [0.5, 0.6) is 0 Å². The Labute approximate surface area is 153 Å². The molecule has 2 aromatic carbocycles. The number of nitrogens with two attached hydrogens (primary N) is 1. The van der Waals surface area contributed by atoms with Crippen LogP contribution in [0.15, 0.2) is 71.4 Å². The Morgan fingerprint density at radius 2 is 1.74 bits per heavy atom. The summed E-state index contributed by atoms with van der Waals surface area (Å²) in [4.78, 5) is 28.9. The number of fused-ring (bicyclic) bond motifs is 1. The second-order valence-corrected chi connectivity index (χ2v) is 5.80. The number of primary amides is 1. The molecule has 2 amide bonds. The highest BCUT2D eigenvalue weighted by Crippen LogP contribution is 2.28. The van der Waals surface area contributed by atoms with Crippen LogP contribution in [0.3, 0.4) is 0 Å². The van der Waals surface area contributed by atoms with Gasteiger partial charge in [-0.2, -0.15) is 0 Å². The Bertz CT molecular complexity index is 1150. The first-order valence-corrected chi connectivity index (χ1v) is 8.15. The summed E-state index contributed by atoms with van der Waals surface area (Å²) < 4.78 is 5.19. The topological polar surface area (TPSA) is 111 Å².